The Morgan fingerprint density at radius 2 is 1.61 bits per heavy atom. The molecule has 3 N–H and O–H groups in total. The molecule has 3 heterocycles. The van der Waals surface area contributed by atoms with E-state index in [0.29, 0.717) is 12.5 Å². The maximum Gasteiger partial charge on any atom is 0.490 e. The zero-order chi connectivity index (χ0) is 27.7. The van der Waals surface area contributed by atoms with Crippen LogP contribution in [0.5, 0.6) is 0 Å². The largest absolute Gasteiger partial charge is 0.490 e. The van der Waals surface area contributed by atoms with Gasteiger partial charge in [0, 0.05) is 64.0 Å². The van der Waals surface area contributed by atoms with Gasteiger partial charge in [0.1, 0.15) is 0 Å². The summed E-state index contributed by atoms with van der Waals surface area (Å²) < 4.78 is 69.2. The highest BCUT2D eigenvalue weighted by molar-refractivity contribution is 5.74. The molecule has 10 nitrogen and oxygen atoms in total. The highest BCUT2D eigenvalue weighted by atomic mass is 19.4. The second-order valence-corrected chi connectivity index (χ2v) is 8.26. The smallest absolute Gasteiger partial charge is 0.475 e. The zero-order valence-electron chi connectivity index (χ0n) is 19.3. The van der Waals surface area contributed by atoms with Gasteiger partial charge >= 0.3 is 30.3 Å². The van der Waals surface area contributed by atoms with Crippen molar-refractivity contribution in [1.29, 1.82) is 0 Å². The summed E-state index contributed by atoms with van der Waals surface area (Å²) in [6.07, 6.45) is -6.50. The highest BCUT2D eigenvalue weighted by Gasteiger charge is 2.50. The summed E-state index contributed by atoms with van der Waals surface area (Å²) in [5.74, 6) is -5.02. The first-order valence-corrected chi connectivity index (χ1v) is 10.2. The van der Waals surface area contributed by atoms with E-state index in [9.17, 15) is 31.1 Å². The van der Waals surface area contributed by atoms with E-state index in [1.807, 2.05) is 12.4 Å². The van der Waals surface area contributed by atoms with E-state index >= 15 is 0 Å². The average Bonchev–Trinajstić information content (AvgIpc) is 3.29. The molecule has 16 heteroatoms. The number of pyridine rings is 1. The summed E-state index contributed by atoms with van der Waals surface area (Å²) in [5, 5.41) is 17.3. The fraction of sp³-hybridized carbons (Fsp3) is 0.600. The summed E-state index contributed by atoms with van der Waals surface area (Å²) in [4.78, 5) is 37.7. The van der Waals surface area contributed by atoms with E-state index in [1.54, 1.807) is 19.0 Å². The predicted octanol–water partition coefficient (Wildman–Crippen LogP) is 2.07. The van der Waals surface area contributed by atoms with Crippen LogP contribution in [0.1, 0.15) is 5.56 Å². The lowest BCUT2D eigenvalue weighted by molar-refractivity contribution is -0.193. The number of nitrogens with one attached hydrogen (secondary N) is 1. The number of amides is 2. The van der Waals surface area contributed by atoms with Crippen LogP contribution in [0, 0.1) is 11.3 Å². The molecule has 0 aromatic carbocycles. The van der Waals surface area contributed by atoms with Crippen molar-refractivity contribution in [2.45, 2.75) is 18.9 Å². The van der Waals surface area contributed by atoms with Crippen LogP contribution < -0.4 is 5.32 Å². The van der Waals surface area contributed by atoms with Crippen LogP contribution >= 0.6 is 0 Å². The fourth-order valence-electron chi connectivity index (χ4n) is 3.47. The first-order chi connectivity index (χ1) is 16.5. The Balaban J connectivity index is 0.000000383. The molecule has 0 bridgehead atoms. The highest BCUT2D eigenvalue weighted by Crippen LogP contribution is 2.41. The van der Waals surface area contributed by atoms with Gasteiger partial charge in [-0.1, -0.05) is 0 Å². The number of carboxylic acids is 2. The minimum Gasteiger partial charge on any atom is -0.475 e. The maximum atomic E-state index is 11.8. The van der Waals surface area contributed by atoms with Crippen molar-refractivity contribution >= 4 is 18.0 Å². The molecule has 2 atom stereocenters. The van der Waals surface area contributed by atoms with Crippen LogP contribution in [0.15, 0.2) is 24.5 Å². The Morgan fingerprint density at radius 1 is 1.11 bits per heavy atom. The van der Waals surface area contributed by atoms with Gasteiger partial charge in [0.05, 0.1) is 13.2 Å². The molecule has 0 radical (unpaired) electrons. The summed E-state index contributed by atoms with van der Waals surface area (Å²) in [6.45, 7) is 5.14. The molecule has 2 saturated heterocycles. The number of carbonyl (C=O) groups is 3. The van der Waals surface area contributed by atoms with Crippen LogP contribution in [0.25, 0.3) is 0 Å². The number of ether oxygens (including phenoxy) is 1. The number of hydrogen-bond donors (Lipinski definition) is 3. The third-order valence-corrected chi connectivity index (χ3v) is 5.23. The normalized spacial score (nSPS) is 21.3. The number of halogens is 6. The molecule has 3 rings (SSSR count). The number of alkyl halides is 6. The molecule has 2 aliphatic rings. The molecule has 204 valence electrons. The molecule has 1 aromatic heterocycles. The molecule has 2 aliphatic heterocycles. The third-order valence-electron chi connectivity index (χ3n) is 5.23. The monoisotopic (exact) mass is 532 g/mol. The molecule has 0 aliphatic carbocycles. The number of aromatic nitrogens is 1. The topological polar surface area (TPSA) is 132 Å². The van der Waals surface area contributed by atoms with Gasteiger partial charge in [0.15, 0.2) is 0 Å². The molecule has 2 amide bonds. The fourth-order valence-corrected chi connectivity index (χ4v) is 3.47. The van der Waals surface area contributed by atoms with E-state index in [4.69, 9.17) is 24.5 Å². The van der Waals surface area contributed by atoms with E-state index in [-0.39, 0.29) is 11.4 Å². The van der Waals surface area contributed by atoms with Gasteiger partial charge in [-0.05, 0) is 17.7 Å². The Morgan fingerprint density at radius 3 is 2.06 bits per heavy atom. The Bertz CT molecular complexity index is 860. The molecule has 36 heavy (non-hydrogen) atoms. The van der Waals surface area contributed by atoms with Gasteiger partial charge in [0.2, 0.25) is 0 Å². The van der Waals surface area contributed by atoms with Crippen molar-refractivity contribution in [2.24, 2.45) is 11.3 Å². The quantitative estimate of drug-likeness (QED) is 0.503. The number of carbonyl (C=O) groups excluding carboxylic acids is 1. The van der Waals surface area contributed by atoms with Gasteiger partial charge in [-0.3, -0.25) is 9.88 Å². The first kappa shape index (κ1) is 30.9. The number of likely N-dealkylation sites (tertiary alicyclic amines) is 1. The van der Waals surface area contributed by atoms with Crippen LogP contribution in [-0.2, 0) is 20.9 Å². The molecule has 0 saturated carbocycles. The van der Waals surface area contributed by atoms with E-state index < -0.39 is 24.3 Å². The standard InChI is InChI=1S/C16H24N4O2.2C2HF3O2/c1-19(2)15(21)18-10-16-11-20(8-14(16)9-22-12-16)7-13-3-5-17-6-4-13;2*3-2(4,5)1(6)7/h3-6,14H,7-12H2,1-2H3,(H,18,21);2*(H,6,7)/t14-,16+;;/m1../s1. The molecule has 2 fully saturated rings. The first-order valence-electron chi connectivity index (χ1n) is 10.2. The van der Waals surface area contributed by atoms with Crippen LogP contribution in [0.2, 0.25) is 0 Å². The van der Waals surface area contributed by atoms with Crippen molar-refractivity contribution in [3.63, 3.8) is 0 Å². The van der Waals surface area contributed by atoms with Crippen molar-refractivity contribution < 1.29 is 55.7 Å². The lowest BCUT2D eigenvalue weighted by atomic mass is 9.81. The van der Waals surface area contributed by atoms with Crippen LogP contribution in [0.4, 0.5) is 31.1 Å². The number of nitrogens with zero attached hydrogens (tertiary/aromatic N) is 3. The van der Waals surface area contributed by atoms with Crippen LogP contribution in [0.3, 0.4) is 0 Å². The van der Waals surface area contributed by atoms with Gasteiger partial charge in [-0.25, -0.2) is 14.4 Å². The maximum absolute atomic E-state index is 11.8. The predicted molar refractivity (Wildman–Crippen MR) is 111 cm³/mol. The summed E-state index contributed by atoms with van der Waals surface area (Å²) >= 11 is 0. The second kappa shape index (κ2) is 12.7. The number of fused-ring (bicyclic) bond motifs is 1. The molecular formula is C20H26F6N4O6. The van der Waals surface area contributed by atoms with E-state index in [2.05, 4.69) is 27.3 Å². The zero-order valence-corrected chi connectivity index (χ0v) is 19.3. The van der Waals surface area contributed by atoms with E-state index in [0.717, 1.165) is 32.8 Å². The number of urea groups is 1. The molecule has 0 spiro atoms. The lowest BCUT2D eigenvalue weighted by Crippen LogP contribution is -2.45. The summed E-state index contributed by atoms with van der Waals surface area (Å²) in [6, 6.07) is 4.09. The van der Waals surface area contributed by atoms with Crippen molar-refractivity contribution in [3.8, 4) is 0 Å². The van der Waals surface area contributed by atoms with Gasteiger partial charge in [-0.15, -0.1) is 0 Å². The van der Waals surface area contributed by atoms with Crippen molar-refractivity contribution in [1.82, 2.24) is 20.1 Å². The Labute approximate surface area is 201 Å². The Hall–Kier alpha value is -3.14. The number of aliphatic carboxylic acids is 2. The van der Waals surface area contributed by atoms with Crippen molar-refractivity contribution in [3.05, 3.63) is 30.1 Å². The summed E-state index contributed by atoms with van der Waals surface area (Å²) in [5.41, 5.74) is 1.34. The number of rotatable bonds is 4. The number of carboxylic acid groups (broad SMARTS) is 2. The molecule has 1 aromatic rings. The van der Waals surface area contributed by atoms with Gasteiger partial charge < -0.3 is 25.2 Å². The summed E-state index contributed by atoms with van der Waals surface area (Å²) in [7, 11) is 3.53. The van der Waals surface area contributed by atoms with Gasteiger partial charge in [0.25, 0.3) is 0 Å². The average molecular weight is 532 g/mol. The number of hydrogen-bond acceptors (Lipinski definition) is 6. The molecular weight excluding hydrogens is 506 g/mol. The minimum absolute atomic E-state index is 0.0346. The SMILES string of the molecule is CN(C)C(=O)NC[C@]12COC[C@H]1CN(Cc1ccncc1)C2.O=C(O)C(F)(F)F.O=C(O)C(F)(F)F. The van der Waals surface area contributed by atoms with Crippen LogP contribution in [-0.4, -0.2) is 102 Å². The Kier molecular flexibility index (Phi) is 10.9. The lowest BCUT2D eigenvalue weighted by Gasteiger charge is -2.28. The third kappa shape index (κ3) is 9.85. The van der Waals surface area contributed by atoms with Crippen molar-refractivity contribution in [2.75, 3.05) is 46.9 Å². The molecule has 0 unspecified atom stereocenters. The second-order valence-electron chi connectivity index (χ2n) is 8.26. The van der Waals surface area contributed by atoms with Gasteiger partial charge in [-0.2, -0.15) is 26.3 Å². The van der Waals surface area contributed by atoms with E-state index in [1.165, 1.54) is 5.56 Å². The minimum atomic E-state index is -5.08.